The summed E-state index contributed by atoms with van der Waals surface area (Å²) < 4.78 is 5.16. The Hall–Kier alpha value is -1.02. The van der Waals surface area contributed by atoms with E-state index in [9.17, 15) is 5.11 Å². The summed E-state index contributed by atoms with van der Waals surface area (Å²) >= 11 is 0. The van der Waals surface area contributed by atoms with E-state index >= 15 is 0 Å². The zero-order valence-electron chi connectivity index (χ0n) is 19.7. The quantitative estimate of drug-likeness (QED) is 0.419. The fraction of sp³-hybridized carbons (Fsp3) is 0.786. The van der Waals surface area contributed by atoms with Crippen LogP contribution >= 0.6 is 0 Å². The van der Waals surface area contributed by atoms with Gasteiger partial charge in [0.15, 0.2) is 0 Å². The fourth-order valence-electron chi connectivity index (χ4n) is 7.59. The molecule has 1 aromatic rings. The maximum atomic E-state index is 10.2. The van der Waals surface area contributed by atoms with Gasteiger partial charge in [0.25, 0.3) is 0 Å². The predicted octanol–water partition coefficient (Wildman–Crippen LogP) is 7.80. The summed E-state index contributed by atoms with van der Waals surface area (Å²) in [7, 11) is 1.80. The van der Waals surface area contributed by atoms with Crippen molar-refractivity contribution in [3.63, 3.8) is 0 Å². The van der Waals surface area contributed by atoms with Crippen LogP contribution in [0, 0.1) is 23.2 Å². The van der Waals surface area contributed by atoms with Gasteiger partial charge in [0, 0.05) is 13.7 Å². The monoisotopic (exact) mass is 412 g/mol. The molecule has 2 saturated carbocycles. The van der Waals surface area contributed by atoms with Crippen molar-refractivity contribution < 1.29 is 9.84 Å². The van der Waals surface area contributed by atoms with Crippen molar-refractivity contribution in [3.05, 3.63) is 29.3 Å². The molecule has 0 aliphatic heterocycles. The lowest BCUT2D eigenvalue weighted by Crippen LogP contribution is -2.42. The Labute approximate surface area is 184 Å². The molecular weight excluding hydrogens is 368 g/mol. The smallest absolute Gasteiger partial charge is 0.115 e. The number of rotatable bonds is 9. The van der Waals surface area contributed by atoms with Crippen molar-refractivity contribution >= 4 is 0 Å². The van der Waals surface area contributed by atoms with E-state index in [4.69, 9.17) is 4.74 Å². The molecule has 0 bridgehead atoms. The molecule has 30 heavy (non-hydrogen) atoms. The highest BCUT2D eigenvalue weighted by atomic mass is 16.5. The second kappa shape index (κ2) is 9.63. The van der Waals surface area contributed by atoms with E-state index in [0.29, 0.717) is 17.1 Å². The van der Waals surface area contributed by atoms with Gasteiger partial charge in [-0.1, -0.05) is 52.0 Å². The zero-order valence-corrected chi connectivity index (χ0v) is 19.7. The number of hydrogen-bond acceptors (Lipinski definition) is 2. The second-order valence-electron chi connectivity index (χ2n) is 11.0. The van der Waals surface area contributed by atoms with E-state index in [2.05, 4.69) is 26.0 Å². The molecule has 168 valence electrons. The van der Waals surface area contributed by atoms with Crippen LogP contribution in [-0.4, -0.2) is 18.8 Å². The first-order valence-corrected chi connectivity index (χ1v) is 12.9. The van der Waals surface area contributed by atoms with Crippen molar-refractivity contribution in [3.8, 4) is 5.75 Å². The van der Waals surface area contributed by atoms with E-state index in [1.54, 1.807) is 12.7 Å². The van der Waals surface area contributed by atoms with E-state index in [0.717, 1.165) is 30.3 Å². The number of hydrogen-bond donors (Lipinski definition) is 1. The summed E-state index contributed by atoms with van der Waals surface area (Å²) in [5, 5.41) is 10.2. The first kappa shape index (κ1) is 22.2. The van der Waals surface area contributed by atoms with Crippen LogP contribution in [0.5, 0.6) is 5.75 Å². The van der Waals surface area contributed by atoms with Crippen LogP contribution in [0.1, 0.15) is 114 Å². The number of aromatic hydroxyl groups is 1. The maximum Gasteiger partial charge on any atom is 0.115 e. The van der Waals surface area contributed by atoms with Gasteiger partial charge in [0.05, 0.1) is 0 Å². The number of methoxy groups -OCH3 is 1. The van der Waals surface area contributed by atoms with Gasteiger partial charge < -0.3 is 9.84 Å². The van der Waals surface area contributed by atoms with Crippen molar-refractivity contribution in [1.82, 2.24) is 0 Å². The Kier molecular flexibility index (Phi) is 7.12. The van der Waals surface area contributed by atoms with Crippen LogP contribution in [0.4, 0.5) is 0 Å². The molecule has 0 aromatic heterocycles. The normalized spacial score (nSPS) is 35.0. The molecule has 2 heteroatoms. The number of phenols is 1. The van der Waals surface area contributed by atoms with Crippen LogP contribution in [0.25, 0.3) is 0 Å². The van der Waals surface area contributed by atoms with Gasteiger partial charge in [-0.15, -0.1) is 0 Å². The summed E-state index contributed by atoms with van der Waals surface area (Å²) in [5.74, 6) is 4.52. The van der Waals surface area contributed by atoms with Crippen molar-refractivity contribution in [2.24, 2.45) is 23.2 Å². The number of phenolic OH excluding ortho intramolecular Hbond substituents is 1. The molecule has 2 nitrogen and oxygen atoms in total. The second-order valence-corrected chi connectivity index (χ2v) is 11.0. The third-order valence-electron chi connectivity index (χ3n) is 9.53. The standard InChI is InChI=1S/C28H44O2/c1-20-11-14-27-26-18-21(10-8-6-4-5-7-9-17-30-3)25-19-22(29)12-13-23(25)24(26)15-16-28(20,27)2/h12-13,19-21,24,26-27,29H,4-11,14-18H2,1-3H3/t20-,21+,24+,26+,27-,28+/m0/s1. The van der Waals surface area contributed by atoms with E-state index in [1.807, 2.05) is 6.07 Å². The summed E-state index contributed by atoms with van der Waals surface area (Å²) in [6.45, 7) is 6.03. The SMILES string of the molecule is COCCCCCCCC[C@@H]1C[C@@H]2[C@H](CC[C@]3(C)[C@@H](C)CC[C@@H]23)c2ccc(O)cc21. The minimum absolute atomic E-state index is 0.463. The Morgan fingerprint density at radius 1 is 1.00 bits per heavy atom. The lowest BCUT2D eigenvalue weighted by atomic mass is 9.53. The Morgan fingerprint density at radius 3 is 2.57 bits per heavy atom. The predicted molar refractivity (Wildman–Crippen MR) is 125 cm³/mol. The van der Waals surface area contributed by atoms with Gasteiger partial charge in [-0.05, 0) is 103 Å². The van der Waals surface area contributed by atoms with Crippen molar-refractivity contribution in [2.45, 2.75) is 103 Å². The van der Waals surface area contributed by atoms with Gasteiger partial charge >= 0.3 is 0 Å². The van der Waals surface area contributed by atoms with E-state index < -0.39 is 0 Å². The minimum atomic E-state index is 0.463. The average Bonchev–Trinajstić information content (AvgIpc) is 3.04. The maximum absolute atomic E-state index is 10.2. The molecule has 0 radical (unpaired) electrons. The Morgan fingerprint density at radius 2 is 1.77 bits per heavy atom. The Bertz CT molecular complexity index is 698. The molecular formula is C28H44O2. The summed E-state index contributed by atoms with van der Waals surface area (Å²) in [6.07, 6.45) is 16.2. The van der Waals surface area contributed by atoms with Crippen LogP contribution in [-0.2, 0) is 4.74 Å². The molecule has 0 amide bonds. The number of benzene rings is 1. The molecule has 2 fully saturated rings. The fourth-order valence-corrected chi connectivity index (χ4v) is 7.59. The first-order valence-electron chi connectivity index (χ1n) is 12.9. The molecule has 0 unspecified atom stereocenters. The molecule has 4 rings (SSSR count). The molecule has 6 atom stereocenters. The molecule has 0 spiro atoms. The number of fused-ring (bicyclic) bond motifs is 5. The molecule has 3 aliphatic rings. The first-order chi connectivity index (χ1) is 14.5. The van der Waals surface area contributed by atoms with Crippen molar-refractivity contribution in [2.75, 3.05) is 13.7 Å². The van der Waals surface area contributed by atoms with Gasteiger partial charge in [0.1, 0.15) is 5.75 Å². The summed E-state index contributed by atoms with van der Waals surface area (Å²) in [6, 6.07) is 6.35. The molecule has 0 saturated heterocycles. The van der Waals surface area contributed by atoms with E-state index in [-0.39, 0.29) is 0 Å². The van der Waals surface area contributed by atoms with E-state index in [1.165, 1.54) is 82.6 Å². The molecule has 3 aliphatic carbocycles. The topological polar surface area (TPSA) is 29.5 Å². The van der Waals surface area contributed by atoms with Gasteiger partial charge in [-0.3, -0.25) is 0 Å². The highest BCUT2D eigenvalue weighted by Gasteiger charge is 2.54. The highest BCUT2D eigenvalue weighted by molar-refractivity contribution is 5.42. The van der Waals surface area contributed by atoms with Crippen LogP contribution in [0.3, 0.4) is 0 Å². The minimum Gasteiger partial charge on any atom is -0.508 e. The molecule has 1 aromatic carbocycles. The van der Waals surface area contributed by atoms with Crippen molar-refractivity contribution in [1.29, 1.82) is 0 Å². The van der Waals surface area contributed by atoms with Crippen LogP contribution in [0.2, 0.25) is 0 Å². The number of ether oxygens (including phenoxy) is 1. The zero-order chi connectivity index (χ0) is 21.1. The van der Waals surface area contributed by atoms with Crippen LogP contribution < -0.4 is 0 Å². The van der Waals surface area contributed by atoms with Gasteiger partial charge in [-0.2, -0.15) is 0 Å². The average molecular weight is 413 g/mol. The Balaban J connectivity index is 1.42. The molecule has 0 heterocycles. The lowest BCUT2D eigenvalue weighted by Gasteiger charge is -2.52. The van der Waals surface area contributed by atoms with Gasteiger partial charge in [0.2, 0.25) is 0 Å². The molecule has 1 N–H and O–H groups in total. The summed E-state index contributed by atoms with van der Waals surface area (Å²) in [5.41, 5.74) is 3.66. The summed E-state index contributed by atoms with van der Waals surface area (Å²) in [4.78, 5) is 0. The lowest BCUT2D eigenvalue weighted by molar-refractivity contribution is 0.0281. The number of unbranched alkanes of at least 4 members (excludes halogenated alkanes) is 5. The highest BCUT2D eigenvalue weighted by Crippen LogP contribution is 2.64. The third kappa shape index (κ3) is 4.31. The largest absolute Gasteiger partial charge is 0.508 e. The third-order valence-corrected chi connectivity index (χ3v) is 9.53. The van der Waals surface area contributed by atoms with Gasteiger partial charge in [-0.25, -0.2) is 0 Å². The van der Waals surface area contributed by atoms with Crippen LogP contribution in [0.15, 0.2) is 18.2 Å².